The molecule has 148 valence electrons. The van der Waals surface area contributed by atoms with Crippen LogP contribution in [0, 0.1) is 5.92 Å². The van der Waals surface area contributed by atoms with Crippen molar-refractivity contribution in [3.63, 3.8) is 0 Å². The lowest BCUT2D eigenvalue weighted by atomic mass is 10.0. The fourth-order valence-electron chi connectivity index (χ4n) is 2.44. The highest BCUT2D eigenvalue weighted by Crippen LogP contribution is 2.10. The average Bonchev–Trinajstić information content (AvgIpc) is 2.69. The summed E-state index contributed by atoms with van der Waals surface area (Å²) in [7, 11) is 0. The smallest absolute Gasteiger partial charge is 0.329 e. The number of esters is 1. The first kappa shape index (κ1) is 21.4. The average molecular weight is 403 g/mol. The van der Waals surface area contributed by atoms with Gasteiger partial charge in [0.15, 0.2) is 6.61 Å². The maximum absolute atomic E-state index is 12.3. The van der Waals surface area contributed by atoms with Crippen LogP contribution in [-0.4, -0.2) is 30.4 Å². The van der Waals surface area contributed by atoms with Crippen LogP contribution in [0.5, 0.6) is 0 Å². The van der Waals surface area contributed by atoms with E-state index in [9.17, 15) is 14.4 Å². The Morgan fingerprint density at radius 3 is 2.39 bits per heavy atom. The summed E-state index contributed by atoms with van der Waals surface area (Å²) in [5.74, 6) is -1.67. The maximum Gasteiger partial charge on any atom is 0.329 e. The van der Waals surface area contributed by atoms with Crippen LogP contribution in [0.4, 0.5) is 0 Å². The number of hydrogen-bond acceptors (Lipinski definition) is 4. The zero-order valence-corrected chi connectivity index (χ0v) is 16.5. The van der Waals surface area contributed by atoms with Crippen molar-refractivity contribution in [3.05, 3.63) is 70.7 Å². The van der Waals surface area contributed by atoms with Gasteiger partial charge in [0.05, 0.1) is 0 Å². The van der Waals surface area contributed by atoms with Crippen LogP contribution in [-0.2, 0) is 20.9 Å². The molecule has 0 saturated carbocycles. The van der Waals surface area contributed by atoms with Crippen molar-refractivity contribution in [1.82, 2.24) is 10.6 Å². The molecule has 0 heterocycles. The predicted octanol–water partition coefficient (Wildman–Crippen LogP) is 2.95. The molecule has 7 heteroatoms. The number of ether oxygens (including phenoxy) is 1. The highest BCUT2D eigenvalue weighted by Gasteiger charge is 2.26. The Morgan fingerprint density at radius 2 is 1.75 bits per heavy atom. The largest absolute Gasteiger partial charge is 0.454 e. The minimum Gasteiger partial charge on any atom is -0.454 e. The Balaban J connectivity index is 1.84. The zero-order valence-electron chi connectivity index (χ0n) is 15.8. The summed E-state index contributed by atoms with van der Waals surface area (Å²) in [5.41, 5.74) is 1.28. The van der Waals surface area contributed by atoms with Gasteiger partial charge in [-0.15, -0.1) is 0 Å². The molecule has 0 fully saturated rings. The monoisotopic (exact) mass is 402 g/mol. The molecule has 2 rings (SSSR count). The number of amides is 2. The van der Waals surface area contributed by atoms with E-state index in [-0.39, 0.29) is 18.4 Å². The lowest BCUT2D eigenvalue weighted by Crippen LogP contribution is -2.46. The molecule has 0 aliphatic rings. The minimum absolute atomic E-state index is 0.199. The molecule has 2 N–H and O–H groups in total. The van der Waals surface area contributed by atoms with E-state index < -0.39 is 24.5 Å². The molecule has 6 nitrogen and oxygen atoms in total. The molecule has 0 bridgehead atoms. The van der Waals surface area contributed by atoms with Crippen LogP contribution >= 0.6 is 11.6 Å². The quantitative estimate of drug-likeness (QED) is 0.665. The predicted molar refractivity (Wildman–Crippen MR) is 107 cm³/mol. The molecule has 0 radical (unpaired) electrons. The molecule has 1 atom stereocenters. The van der Waals surface area contributed by atoms with Crippen molar-refractivity contribution in [1.29, 1.82) is 0 Å². The normalized spacial score (nSPS) is 11.6. The summed E-state index contributed by atoms with van der Waals surface area (Å²) in [6, 6.07) is 14.8. The van der Waals surface area contributed by atoms with Crippen molar-refractivity contribution >= 4 is 29.4 Å². The van der Waals surface area contributed by atoms with E-state index in [2.05, 4.69) is 10.6 Å². The first-order chi connectivity index (χ1) is 13.4. The van der Waals surface area contributed by atoms with Gasteiger partial charge in [0.1, 0.15) is 6.04 Å². The lowest BCUT2D eigenvalue weighted by Gasteiger charge is -2.20. The first-order valence-electron chi connectivity index (χ1n) is 8.90. The van der Waals surface area contributed by atoms with Crippen molar-refractivity contribution in [3.8, 4) is 0 Å². The van der Waals surface area contributed by atoms with E-state index in [1.54, 1.807) is 62.4 Å². The fraction of sp³-hybridized carbons (Fsp3) is 0.286. The number of rotatable bonds is 8. The SMILES string of the molecule is CC(C)[C@H](NC(=O)c1ccccc1)C(=O)OCC(=O)NCc1cccc(Cl)c1. The third kappa shape index (κ3) is 6.70. The number of benzene rings is 2. The van der Waals surface area contributed by atoms with Crippen molar-refractivity contribution < 1.29 is 19.1 Å². The van der Waals surface area contributed by atoms with Crippen molar-refractivity contribution in [2.75, 3.05) is 6.61 Å². The van der Waals surface area contributed by atoms with Gasteiger partial charge < -0.3 is 15.4 Å². The van der Waals surface area contributed by atoms with E-state index in [1.165, 1.54) is 0 Å². The molecule has 2 aromatic carbocycles. The van der Waals surface area contributed by atoms with Crippen LogP contribution < -0.4 is 10.6 Å². The van der Waals surface area contributed by atoms with Crippen LogP contribution in [0.15, 0.2) is 54.6 Å². The van der Waals surface area contributed by atoms with E-state index in [1.807, 2.05) is 6.07 Å². The Hall–Kier alpha value is -2.86. The maximum atomic E-state index is 12.3. The van der Waals surface area contributed by atoms with Gasteiger partial charge in [0, 0.05) is 17.1 Å². The molecule has 0 unspecified atom stereocenters. The van der Waals surface area contributed by atoms with E-state index in [4.69, 9.17) is 16.3 Å². The number of carbonyl (C=O) groups is 3. The summed E-state index contributed by atoms with van der Waals surface area (Å²) < 4.78 is 5.08. The second kappa shape index (κ2) is 10.5. The summed E-state index contributed by atoms with van der Waals surface area (Å²) in [6.07, 6.45) is 0. The molecule has 0 saturated heterocycles. The molecular weight excluding hydrogens is 380 g/mol. The molecule has 0 spiro atoms. The number of halogens is 1. The van der Waals surface area contributed by atoms with Gasteiger partial charge in [-0.1, -0.05) is 55.8 Å². The number of carbonyl (C=O) groups excluding carboxylic acids is 3. The second-order valence-electron chi connectivity index (χ2n) is 6.58. The van der Waals surface area contributed by atoms with Crippen molar-refractivity contribution in [2.45, 2.75) is 26.4 Å². The lowest BCUT2D eigenvalue weighted by molar-refractivity contribution is -0.151. The van der Waals surface area contributed by atoms with Crippen LogP contribution in [0.1, 0.15) is 29.8 Å². The Morgan fingerprint density at radius 1 is 1.04 bits per heavy atom. The standard InChI is InChI=1S/C21H23ClN2O4/c1-14(2)19(24-20(26)16-8-4-3-5-9-16)21(27)28-13-18(25)23-12-15-7-6-10-17(22)11-15/h3-11,14,19H,12-13H2,1-2H3,(H,23,25)(H,24,26)/t19-/m0/s1. The molecule has 2 amide bonds. The summed E-state index contributed by atoms with van der Waals surface area (Å²) >= 11 is 5.90. The van der Waals surface area contributed by atoms with Crippen molar-refractivity contribution in [2.24, 2.45) is 5.92 Å². The van der Waals surface area contributed by atoms with Crippen LogP contribution in [0.3, 0.4) is 0 Å². The highest BCUT2D eigenvalue weighted by atomic mass is 35.5. The number of nitrogens with one attached hydrogen (secondary N) is 2. The molecule has 28 heavy (non-hydrogen) atoms. The van der Waals surface area contributed by atoms with Gasteiger partial charge in [-0.3, -0.25) is 9.59 Å². The third-order valence-electron chi connectivity index (χ3n) is 3.97. The van der Waals surface area contributed by atoms with Gasteiger partial charge >= 0.3 is 5.97 Å². The third-order valence-corrected chi connectivity index (χ3v) is 4.20. The van der Waals surface area contributed by atoms with Gasteiger partial charge in [0.25, 0.3) is 11.8 Å². The van der Waals surface area contributed by atoms with Gasteiger partial charge in [0.2, 0.25) is 0 Å². The van der Waals surface area contributed by atoms with Crippen LogP contribution in [0.2, 0.25) is 5.02 Å². The molecule has 0 aliphatic carbocycles. The number of hydrogen-bond donors (Lipinski definition) is 2. The Kier molecular flexibility index (Phi) is 8.02. The minimum atomic E-state index is -0.853. The summed E-state index contributed by atoms with van der Waals surface area (Å²) in [5, 5.41) is 5.89. The van der Waals surface area contributed by atoms with Crippen LogP contribution in [0.25, 0.3) is 0 Å². The van der Waals surface area contributed by atoms with Gasteiger partial charge in [-0.25, -0.2) is 4.79 Å². The Bertz CT molecular complexity index is 824. The molecular formula is C21H23ClN2O4. The van der Waals surface area contributed by atoms with E-state index in [0.717, 1.165) is 5.56 Å². The Labute approximate surface area is 169 Å². The van der Waals surface area contributed by atoms with E-state index in [0.29, 0.717) is 10.6 Å². The molecule has 0 aliphatic heterocycles. The second-order valence-corrected chi connectivity index (χ2v) is 7.01. The summed E-state index contributed by atoms with van der Waals surface area (Å²) in [4.78, 5) is 36.6. The molecule has 2 aromatic rings. The van der Waals surface area contributed by atoms with Gasteiger partial charge in [-0.2, -0.15) is 0 Å². The van der Waals surface area contributed by atoms with Gasteiger partial charge in [-0.05, 0) is 35.7 Å². The molecule has 0 aromatic heterocycles. The topological polar surface area (TPSA) is 84.5 Å². The van der Waals surface area contributed by atoms with E-state index >= 15 is 0 Å². The summed E-state index contributed by atoms with van der Waals surface area (Å²) in [6.45, 7) is 3.42. The highest BCUT2D eigenvalue weighted by molar-refractivity contribution is 6.30. The first-order valence-corrected chi connectivity index (χ1v) is 9.28. The zero-order chi connectivity index (χ0) is 20.5. The fourth-order valence-corrected chi connectivity index (χ4v) is 2.65.